The lowest BCUT2D eigenvalue weighted by Crippen LogP contribution is -2.01. The van der Waals surface area contributed by atoms with Gasteiger partial charge in [0.15, 0.2) is 0 Å². The highest BCUT2D eigenvalue weighted by Gasteiger charge is 2.16. The van der Waals surface area contributed by atoms with Crippen LogP contribution in [0.15, 0.2) is 36.4 Å². The highest BCUT2D eigenvalue weighted by Crippen LogP contribution is 2.33. The summed E-state index contributed by atoms with van der Waals surface area (Å²) in [6.07, 6.45) is 0. The summed E-state index contributed by atoms with van der Waals surface area (Å²) < 4.78 is 15.1. The predicted octanol–water partition coefficient (Wildman–Crippen LogP) is 5.21. The number of rotatable bonds is 2. The van der Waals surface area contributed by atoms with Gasteiger partial charge >= 0.3 is 0 Å². The summed E-state index contributed by atoms with van der Waals surface area (Å²) in [5, 5.41) is 0.958. The predicted molar refractivity (Wildman–Crippen MR) is 80.6 cm³/mol. The van der Waals surface area contributed by atoms with E-state index >= 15 is 0 Å². The molecule has 0 spiro atoms. The molecule has 1 heterocycles. The molecule has 2 nitrogen and oxygen atoms in total. The van der Waals surface area contributed by atoms with Gasteiger partial charge in [-0.15, -0.1) is 11.6 Å². The molecule has 0 aliphatic carbocycles. The van der Waals surface area contributed by atoms with E-state index in [1.165, 1.54) is 12.1 Å². The average molecular weight is 330 g/mol. The van der Waals surface area contributed by atoms with Gasteiger partial charge in [0.2, 0.25) is 0 Å². The van der Waals surface area contributed by atoms with Crippen LogP contribution in [-0.4, -0.2) is 9.55 Å². The molecule has 0 amide bonds. The fourth-order valence-corrected chi connectivity index (χ4v) is 2.89. The molecular formula is C14H8Cl3FN2. The highest BCUT2D eigenvalue weighted by molar-refractivity contribution is 6.37. The Bertz CT molecular complexity index is 778. The van der Waals surface area contributed by atoms with Crippen LogP contribution in [0.25, 0.3) is 16.7 Å². The zero-order valence-corrected chi connectivity index (χ0v) is 12.3. The monoisotopic (exact) mass is 328 g/mol. The van der Waals surface area contributed by atoms with Crippen LogP contribution in [0.4, 0.5) is 4.39 Å². The molecule has 2 aromatic carbocycles. The summed E-state index contributed by atoms with van der Waals surface area (Å²) in [7, 11) is 0. The second kappa shape index (κ2) is 5.24. The van der Waals surface area contributed by atoms with Crippen molar-refractivity contribution < 1.29 is 4.39 Å². The van der Waals surface area contributed by atoms with E-state index in [0.717, 1.165) is 0 Å². The summed E-state index contributed by atoms with van der Waals surface area (Å²) in [6, 6.07) is 9.57. The molecule has 0 aliphatic heterocycles. The van der Waals surface area contributed by atoms with Crippen LogP contribution in [0.2, 0.25) is 10.0 Å². The van der Waals surface area contributed by atoms with Gasteiger partial charge in [-0.2, -0.15) is 0 Å². The molecule has 0 atom stereocenters. The summed E-state index contributed by atoms with van der Waals surface area (Å²) in [4.78, 5) is 4.32. The third-order valence-corrected chi connectivity index (χ3v) is 3.82. The number of aromatic nitrogens is 2. The van der Waals surface area contributed by atoms with Crippen LogP contribution < -0.4 is 0 Å². The van der Waals surface area contributed by atoms with E-state index < -0.39 is 0 Å². The zero-order chi connectivity index (χ0) is 14.3. The minimum atomic E-state index is -0.353. The number of para-hydroxylation sites is 1. The van der Waals surface area contributed by atoms with Crippen LogP contribution in [0.5, 0.6) is 0 Å². The van der Waals surface area contributed by atoms with Gasteiger partial charge in [-0.25, -0.2) is 9.37 Å². The van der Waals surface area contributed by atoms with E-state index in [2.05, 4.69) is 4.98 Å². The topological polar surface area (TPSA) is 17.8 Å². The normalized spacial score (nSPS) is 11.2. The maximum Gasteiger partial charge on any atom is 0.129 e. The molecule has 0 unspecified atom stereocenters. The molecule has 102 valence electrons. The molecule has 0 fully saturated rings. The summed E-state index contributed by atoms with van der Waals surface area (Å²) in [6.45, 7) is 0. The second-order valence-corrected chi connectivity index (χ2v) is 5.28. The molecule has 0 bridgehead atoms. The minimum absolute atomic E-state index is 0.165. The first-order chi connectivity index (χ1) is 9.61. The fraction of sp³-hybridized carbons (Fsp3) is 0.0714. The van der Waals surface area contributed by atoms with Crippen LogP contribution >= 0.6 is 34.8 Å². The Morgan fingerprint density at radius 1 is 1.10 bits per heavy atom. The molecule has 0 saturated carbocycles. The van der Waals surface area contributed by atoms with Gasteiger partial charge in [-0.1, -0.05) is 29.3 Å². The Labute approximate surface area is 129 Å². The van der Waals surface area contributed by atoms with Crippen molar-refractivity contribution in [3.8, 4) is 5.69 Å². The van der Waals surface area contributed by atoms with Gasteiger partial charge in [0.1, 0.15) is 11.6 Å². The van der Waals surface area contributed by atoms with Gasteiger partial charge in [0.05, 0.1) is 32.6 Å². The van der Waals surface area contributed by atoms with Crippen molar-refractivity contribution >= 4 is 45.8 Å². The highest BCUT2D eigenvalue weighted by atomic mass is 35.5. The second-order valence-electron chi connectivity index (χ2n) is 4.20. The number of benzene rings is 2. The number of imidazole rings is 1. The number of alkyl halides is 1. The van der Waals surface area contributed by atoms with Crippen LogP contribution in [0, 0.1) is 5.82 Å². The van der Waals surface area contributed by atoms with Crippen molar-refractivity contribution in [1.82, 2.24) is 9.55 Å². The number of nitrogens with zero attached hydrogens (tertiary/aromatic N) is 2. The molecule has 20 heavy (non-hydrogen) atoms. The van der Waals surface area contributed by atoms with Crippen molar-refractivity contribution in [2.45, 2.75) is 5.88 Å². The Morgan fingerprint density at radius 3 is 2.45 bits per heavy atom. The maximum atomic E-state index is 13.3. The molecule has 0 N–H and O–H groups in total. The zero-order valence-electron chi connectivity index (χ0n) is 10.1. The third kappa shape index (κ3) is 2.16. The van der Waals surface area contributed by atoms with Crippen molar-refractivity contribution in [3.05, 3.63) is 58.1 Å². The number of hydrogen-bond acceptors (Lipinski definition) is 1. The summed E-state index contributed by atoms with van der Waals surface area (Å²) in [5.74, 6) is 0.369. The third-order valence-electron chi connectivity index (χ3n) is 2.97. The number of hydrogen-bond donors (Lipinski definition) is 0. The standard InChI is InChI=1S/C14H8Cl3FN2/c15-7-13-19-11-6-8(18)4-5-12(11)20(13)14-9(16)2-1-3-10(14)17/h1-6H,7H2. The minimum Gasteiger partial charge on any atom is -0.292 e. The first-order valence-corrected chi connectivity index (χ1v) is 7.08. The van der Waals surface area contributed by atoms with Crippen LogP contribution in [0.1, 0.15) is 5.82 Å². The number of fused-ring (bicyclic) bond motifs is 1. The maximum absolute atomic E-state index is 13.3. The van der Waals surface area contributed by atoms with E-state index in [9.17, 15) is 4.39 Å². The van der Waals surface area contributed by atoms with E-state index in [0.29, 0.717) is 32.6 Å². The van der Waals surface area contributed by atoms with Crippen LogP contribution in [-0.2, 0) is 5.88 Å². The Morgan fingerprint density at radius 2 is 1.80 bits per heavy atom. The van der Waals surface area contributed by atoms with Crippen molar-refractivity contribution in [3.63, 3.8) is 0 Å². The van der Waals surface area contributed by atoms with Gasteiger partial charge in [0.25, 0.3) is 0 Å². The van der Waals surface area contributed by atoms with Crippen molar-refractivity contribution in [2.24, 2.45) is 0 Å². The van der Waals surface area contributed by atoms with Crippen LogP contribution in [0.3, 0.4) is 0 Å². The molecular weight excluding hydrogens is 322 g/mol. The Balaban J connectivity index is 2.40. The molecule has 1 aromatic heterocycles. The van der Waals surface area contributed by atoms with E-state index in [-0.39, 0.29) is 11.7 Å². The van der Waals surface area contributed by atoms with Crippen molar-refractivity contribution in [2.75, 3.05) is 0 Å². The Kier molecular flexibility index (Phi) is 3.59. The Hall–Kier alpha value is -1.29. The van der Waals surface area contributed by atoms with E-state index in [4.69, 9.17) is 34.8 Å². The van der Waals surface area contributed by atoms with Gasteiger partial charge in [-0.05, 0) is 24.3 Å². The van der Waals surface area contributed by atoms with Crippen molar-refractivity contribution in [1.29, 1.82) is 0 Å². The van der Waals surface area contributed by atoms with Gasteiger partial charge < -0.3 is 0 Å². The van der Waals surface area contributed by atoms with E-state index in [1.54, 1.807) is 28.8 Å². The molecule has 6 heteroatoms. The lowest BCUT2D eigenvalue weighted by Gasteiger charge is -2.11. The fourth-order valence-electron chi connectivity index (χ4n) is 2.15. The molecule has 0 radical (unpaired) electrons. The lowest BCUT2D eigenvalue weighted by molar-refractivity contribution is 0.629. The van der Waals surface area contributed by atoms with Gasteiger partial charge in [-0.3, -0.25) is 4.57 Å². The van der Waals surface area contributed by atoms with Gasteiger partial charge in [0, 0.05) is 6.07 Å². The molecule has 0 saturated heterocycles. The SMILES string of the molecule is Fc1ccc2c(c1)nc(CCl)n2-c1c(Cl)cccc1Cl. The lowest BCUT2D eigenvalue weighted by atomic mass is 10.2. The smallest absolute Gasteiger partial charge is 0.129 e. The molecule has 3 aromatic rings. The number of halogens is 4. The quantitative estimate of drug-likeness (QED) is 0.590. The first-order valence-electron chi connectivity index (χ1n) is 5.79. The largest absolute Gasteiger partial charge is 0.292 e. The molecule has 0 aliphatic rings. The summed E-state index contributed by atoms with van der Waals surface area (Å²) in [5.41, 5.74) is 1.81. The molecule has 3 rings (SSSR count). The summed E-state index contributed by atoms with van der Waals surface area (Å²) >= 11 is 18.4. The van der Waals surface area contributed by atoms with E-state index in [1.807, 2.05) is 0 Å². The average Bonchev–Trinajstić information content (AvgIpc) is 2.76. The first kappa shape index (κ1) is 13.7.